The van der Waals surface area contributed by atoms with Crippen molar-refractivity contribution in [1.29, 1.82) is 0 Å². The van der Waals surface area contributed by atoms with E-state index in [2.05, 4.69) is 31.3 Å². The van der Waals surface area contributed by atoms with Crippen LogP contribution in [0.4, 0.5) is 0 Å². The summed E-state index contributed by atoms with van der Waals surface area (Å²) in [6.45, 7) is 4.59. The number of phosphoric acid groups is 1. The van der Waals surface area contributed by atoms with Crippen molar-refractivity contribution < 1.29 is 32.9 Å². The van der Waals surface area contributed by atoms with Crippen LogP contribution < -0.4 is 10.2 Å². The smallest absolute Gasteiger partial charge is 0.268 e. The molecule has 0 rings (SSSR count). The third-order valence-electron chi connectivity index (χ3n) is 8.66. The van der Waals surface area contributed by atoms with Crippen molar-refractivity contribution in [3.8, 4) is 0 Å². The largest absolute Gasteiger partial charge is 0.756 e. The average molecular weight is 701 g/mol. The van der Waals surface area contributed by atoms with E-state index in [4.69, 9.17) is 9.05 Å². The number of nitrogens with zero attached hydrogens (tertiary/aromatic N) is 1. The van der Waals surface area contributed by atoms with Crippen LogP contribution in [0.15, 0.2) is 24.3 Å². The second-order valence-corrected chi connectivity index (χ2v) is 16.0. The van der Waals surface area contributed by atoms with Crippen LogP contribution in [0.1, 0.15) is 168 Å². The van der Waals surface area contributed by atoms with Crippen LogP contribution in [0.5, 0.6) is 0 Å². The topological polar surface area (TPSA) is 108 Å². The molecule has 0 aliphatic heterocycles. The molecule has 0 bridgehead atoms. The van der Waals surface area contributed by atoms with E-state index in [0.29, 0.717) is 17.4 Å². The van der Waals surface area contributed by atoms with Crippen LogP contribution in [-0.2, 0) is 18.4 Å². The average Bonchev–Trinajstić information content (AvgIpc) is 3.02. The van der Waals surface area contributed by atoms with Crippen molar-refractivity contribution in [1.82, 2.24) is 5.32 Å². The molecule has 1 amide bonds. The van der Waals surface area contributed by atoms with Gasteiger partial charge in [0.1, 0.15) is 13.2 Å². The molecule has 9 heteroatoms. The number of rotatable bonds is 35. The van der Waals surface area contributed by atoms with Crippen LogP contribution in [-0.4, -0.2) is 68.5 Å². The van der Waals surface area contributed by atoms with E-state index in [-0.39, 0.29) is 19.1 Å². The van der Waals surface area contributed by atoms with E-state index in [0.717, 1.165) is 38.5 Å². The fraction of sp³-hybridized carbons (Fsp3) is 0.872. The van der Waals surface area contributed by atoms with Crippen LogP contribution >= 0.6 is 7.82 Å². The first kappa shape index (κ1) is 47.0. The molecule has 0 saturated carbocycles. The highest BCUT2D eigenvalue weighted by Gasteiger charge is 2.23. The maximum Gasteiger partial charge on any atom is 0.268 e. The molecule has 3 atom stereocenters. The molecule has 0 aromatic rings. The zero-order valence-corrected chi connectivity index (χ0v) is 32.8. The van der Waals surface area contributed by atoms with Gasteiger partial charge in [0.25, 0.3) is 7.82 Å². The lowest BCUT2D eigenvalue weighted by Gasteiger charge is -2.29. The maximum atomic E-state index is 12.7. The summed E-state index contributed by atoms with van der Waals surface area (Å²) in [5.41, 5.74) is 0. The molecule has 0 saturated heterocycles. The van der Waals surface area contributed by atoms with Crippen molar-refractivity contribution in [2.45, 2.75) is 180 Å². The summed E-state index contributed by atoms with van der Waals surface area (Å²) in [6.07, 6.45) is 35.1. The molecule has 0 spiro atoms. The molecule has 0 aromatic heterocycles. The number of unbranched alkanes of at least 4 members (excludes halogenated alkanes) is 20. The second-order valence-electron chi connectivity index (χ2n) is 14.6. The number of carbonyl (C=O) groups excluding carboxylic acids is 1. The SMILES string of the molecule is CCCCCCCCCCCC/C=C/CC/C=C/C(O)C(COP(=O)([O-])OCC[N+](C)(C)C)NC(=O)CCCCCCCCCCCC. The van der Waals surface area contributed by atoms with E-state index < -0.39 is 20.0 Å². The Morgan fingerprint density at radius 3 is 1.69 bits per heavy atom. The molecule has 48 heavy (non-hydrogen) atoms. The minimum Gasteiger partial charge on any atom is -0.756 e. The summed E-state index contributed by atoms with van der Waals surface area (Å²) in [4.78, 5) is 25.1. The Hall–Kier alpha value is -1.02. The monoisotopic (exact) mass is 701 g/mol. The predicted octanol–water partition coefficient (Wildman–Crippen LogP) is 9.55. The van der Waals surface area contributed by atoms with Gasteiger partial charge in [0, 0.05) is 6.42 Å². The molecule has 2 N–H and O–H groups in total. The summed E-state index contributed by atoms with van der Waals surface area (Å²) in [7, 11) is 1.24. The molecule has 0 fully saturated rings. The van der Waals surface area contributed by atoms with Crippen molar-refractivity contribution >= 4 is 13.7 Å². The van der Waals surface area contributed by atoms with Gasteiger partial charge in [0.05, 0.1) is 39.9 Å². The number of allylic oxidation sites excluding steroid dienone is 3. The number of amides is 1. The Kier molecular flexibility index (Phi) is 31.2. The number of nitrogens with one attached hydrogen (secondary N) is 1. The summed E-state index contributed by atoms with van der Waals surface area (Å²) in [6, 6.07) is -0.895. The molecular weight excluding hydrogens is 623 g/mol. The first-order chi connectivity index (χ1) is 23.0. The quantitative estimate of drug-likeness (QED) is 0.0295. The van der Waals surface area contributed by atoms with Crippen molar-refractivity contribution in [2.75, 3.05) is 40.9 Å². The predicted molar refractivity (Wildman–Crippen MR) is 201 cm³/mol. The first-order valence-corrected chi connectivity index (χ1v) is 21.2. The number of hydrogen-bond acceptors (Lipinski definition) is 6. The number of aliphatic hydroxyl groups excluding tert-OH is 1. The van der Waals surface area contributed by atoms with Gasteiger partial charge >= 0.3 is 0 Å². The Bertz CT molecular complexity index is 845. The van der Waals surface area contributed by atoms with Crippen molar-refractivity contribution in [2.24, 2.45) is 0 Å². The number of quaternary nitrogens is 1. The standard InChI is InChI=1S/C39H77N2O6P/c1-6-8-10-12-14-16-18-19-20-21-22-23-24-26-28-30-32-38(42)37(36-47-48(44,45)46-35-34-41(3,4)5)40-39(43)33-31-29-27-25-17-15-13-11-9-7-2/h23-24,30,32,37-38,42H,6-22,25-29,31,33-36H2,1-5H3,(H-,40,43,44,45)/b24-23+,32-30+. The van der Waals surface area contributed by atoms with Crippen molar-refractivity contribution in [3.63, 3.8) is 0 Å². The Morgan fingerprint density at radius 2 is 1.17 bits per heavy atom. The van der Waals surface area contributed by atoms with Crippen LogP contribution in [0.3, 0.4) is 0 Å². The lowest BCUT2D eigenvalue weighted by molar-refractivity contribution is -0.870. The Morgan fingerprint density at radius 1 is 0.708 bits per heavy atom. The fourth-order valence-corrected chi connectivity index (χ4v) is 6.18. The fourth-order valence-electron chi connectivity index (χ4n) is 5.46. The van der Waals surface area contributed by atoms with Gasteiger partial charge in [-0.05, 0) is 32.1 Å². The third-order valence-corrected chi connectivity index (χ3v) is 9.63. The minimum absolute atomic E-state index is 0.00475. The molecule has 0 aliphatic rings. The van der Waals surface area contributed by atoms with Gasteiger partial charge in [-0.15, -0.1) is 0 Å². The summed E-state index contributed by atoms with van der Waals surface area (Å²) < 4.78 is 23.1. The molecule has 0 aliphatic carbocycles. The molecule has 0 radical (unpaired) electrons. The van der Waals surface area contributed by atoms with E-state index in [1.54, 1.807) is 6.08 Å². The zero-order chi connectivity index (χ0) is 35.8. The number of likely N-dealkylation sites (N-methyl/N-ethyl adjacent to an activating group) is 1. The van der Waals surface area contributed by atoms with Gasteiger partial charge in [-0.3, -0.25) is 9.36 Å². The highest BCUT2D eigenvalue weighted by molar-refractivity contribution is 7.45. The second kappa shape index (κ2) is 31.9. The molecule has 3 unspecified atom stereocenters. The van der Waals surface area contributed by atoms with Gasteiger partial charge in [0.2, 0.25) is 5.91 Å². The third kappa shape index (κ3) is 33.5. The van der Waals surface area contributed by atoms with E-state index >= 15 is 0 Å². The number of hydrogen-bond donors (Lipinski definition) is 2. The van der Waals surface area contributed by atoms with Gasteiger partial charge < -0.3 is 28.8 Å². The summed E-state index contributed by atoms with van der Waals surface area (Å²) in [5.74, 6) is -0.211. The minimum atomic E-state index is -4.58. The number of aliphatic hydroxyl groups is 1. The van der Waals surface area contributed by atoms with Gasteiger partial charge in [0.15, 0.2) is 0 Å². The lowest BCUT2D eigenvalue weighted by atomic mass is 10.1. The number of phosphoric ester groups is 1. The van der Waals surface area contributed by atoms with Gasteiger partial charge in [-0.25, -0.2) is 0 Å². The van der Waals surface area contributed by atoms with E-state index in [1.807, 2.05) is 27.2 Å². The van der Waals surface area contributed by atoms with Crippen LogP contribution in [0, 0.1) is 0 Å². The molecular formula is C39H77N2O6P. The number of carbonyl (C=O) groups is 1. The molecule has 0 aromatic carbocycles. The summed E-state index contributed by atoms with van der Waals surface area (Å²) in [5, 5.41) is 13.7. The zero-order valence-electron chi connectivity index (χ0n) is 31.9. The molecule has 8 nitrogen and oxygen atoms in total. The first-order valence-electron chi connectivity index (χ1n) is 19.7. The highest BCUT2D eigenvalue weighted by Crippen LogP contribution is 2.38. The molecule has 284 valence electrons. The summed E-state index contributed by atoms with van der Waals surface area (Å²) >= 11 is 0. The van der Waals surface area contributed by atoms with Crippen LogP contribution in [0.25, 0.3) is 0 Å². The van der Waals surface area contributed by atoms with Gasteiger partial charge in [-0.1, -0.05) is 154 Å². The lowest BCUT2D eigenvalue weighted by Crippen LogP contribution is -2.45. The van der Waals surface area contributed by atoms with E-state index in [1.165, 1.54) is 109 Å². The van der Waals surface area contributed by atoms with Gasteiger partial charge in [-0.2, -0.15) is 0 Å². The highest BCUT2D eigenvalue weighted by atomic mass is 31.2. The van der Waals surface area contributed by atoms with E-state index in [9.17, 15) is 19.4 Å². The van der Waals surface area contributed by atoms with Crippen molar-refractivity contribution in [3.05, 3.63) is 24.3 Å². The Labute approximate surface area is 296 Å². The maximum absolute atomic E-state index is 12.7. The Balaban J connectivity index is 4.55. The normalized spacial score (nSPS) is 14.9. The molecule has 0 heterocycles. The van der Waals surface area contributed by atoms with Crippen LogP contribution in [0.2, 0.25) is 0 Å².